The van der Waals surface area contributed by atoms with Crippen LogP contribution in [0.1, 0.15) is 48.3 Å². The van der Waals surface area contributed by atoms with Crippen LogP contribution in [0.15, 0.2) is 18.2 Å². The van der Waals surface area contributed by atoms with Gasteiger partial charge in [0.25, 0.3) is 0 Å². The Morgan fingerprint density at radius 3 is 2.44 bits per heavy atom. The lowest BCUT2D eigenvalue weighted by atomic mass is 9.85. The summed E-state index contributed by atoms with van der Waals surface area (Å²) in [6.07, 6.45) is 5.05. The Morgan fingerprint density at radius 1 is 1.19 bits per heavy atom. The zero-order valence-corrected chi connectivity index (χ0v) is 10.2. The molecule has 1 heteroatoms. The lowest BCUT2D eigenvalue weighted by Crippen LogP contribution is -2.08. The number of benzene rings is 1. The van der Waals surface area contributed by atoms with Gasteiger partial charge in [-0.1, -0.05) is 31.0 Å². The Labute approximate surface area is 98.1 Å². The molecule has 1 unspecified atom stereocenters. The van der Waals surface area contributed by atoms with Gasteiger partial charge in [0.2, 0.25) is 0 Å². The van der Waals surface area contributed by atoms with Crippen LogP contribution >= 0.6 is 0 Å². The van der Waals surface area contributed by atoms with Gasteiger partial charge in [0.1, 0.15) is 0 Å². The summed E-state index contributed by atoms with van der Waals surface area (Å²) in [6.45, 7) is 4.25. The van der Waals surface area contributed by atoms with Gasteiger partial charge >= 0.3 is 0 Å². The van der Waals surface area contributed by atoms with Gasteiger partial charge in [-0.25, -0.2) is 0 Å². The van der Waals surface area contributed by atoms with Gasteiger partial charge in [0.05, 0.1) is 12.0 Å². The monoisotopic (exact) mass is 213 g/mol. The van der Waals surface area contributed by atoms with Crippen molar-refractivity contribution >= 4 is 0 Å². The Hall–Kier alpha value is -1.29. The third kappa shape index (κ3) is 2.11. The van der Waals surface area contributed by atoms with Gasteiger partial charge in [-0.3, -0.25) is 0 Å². The molecule has 16 heavy (non-hydrogen) atoms. The predicted molar refractivity (Wildman–Crippen MR) is 66.2 cm³/mol. The molecule has 0 spiro atoms. The molecule has 0 heterocycles. The van der Waals surface area contributed by atoms with E-state index in [1.165, 1.54) is 42.4 Å². The molecule has 1 fully saturated rings. The third-order valence-electron chi connectivity index (χ3n) is 3.90. The van der Waals surface area contributed by atoms with Crippen LogP contribution in [-0.2, 0) is 0 Å². The van der Waals surface area contributed by atoms with E-state index in [0.29, 0.717) is 5.92 Å². The summed E-state index contributed by atoms with van der Waals surface area (Å²) in [5.74, 6) is 0.703. The van der Waals surface area contributed by atoms with Crippen LogP contribution in [0.2, 0.25) is 0 Å². The molecule has 1 aliphatic rings. The van der Waals surface area contributed by atoms with Gasteiger partial charge < -0.3 is 0 Å². The first-order chi connectivity index (χ1) is 7.72. The fraction of sp³-hybridized carbons (Fsp3) is 0.533. The molecule has 1 aliphatic carbocycles. The predicted octanol–water partition coefficient (Wildman–Crippen LogP) is 4.10. The summed E-state index contributed by atoms with van der Waals surface area (Å²) in [4.78, 5) is 0. The van der Waals surface area contributed by atoms with Crippen molar-refractivity contribution < 1.29 is 0 Å². The summed E-state index contributed by atoms with van der Waals surface area (Å²) in [5, 5.41) is 9.35. The molecule has 1 aromatic carbocycles. The van der Waals surface area contributed by atoms with Crippen LogP contribution in [-0.4, -0.2) is 0 Å². The van der Waals surface area contributed by atoms with Crippen molar-refractivity contribution in [3.05, 3.63) is 34.9 Å². The topological polar surface area (TPSA) is 23.8 Å². The summed E-state index contributed by atoms with van der Waals surface area (Å²) in [5.41, 5.74) is 3.83. The zero-order valence-electron chi connectivity index (χ0n) is 10.2. The second-order valence-corrected chi connectivity index (χ2v) is 5.00. The molecule has 1 atom stereocenters. The number of nitriles is 1. The van der Waals surface area contributed by atoms with Crippen molar-refractivity contribution in [1.29, 1.82) is 5.26 Å². The van der Waals surface area contributed by atoms with Gasteiger partial charge in [-0.15, -0.1) is 0 Å². The lowest BCUT2D eigenvalue weighted by molar-refractivity contribution is 0.501. The molecular weight excluding hydrogens is 194 g/mol. The Morgan fingerprint density at radius 2 is 1.88 bits per heavy atom. The molecule has 0 aliphatic heterocycles. The van der Waals surface area contributed by atoms with Gasteiger partial charge in [-0.2, -0.15) is 5.26 Å². The summed E-state index contributed by atoms with van der Waals surface area (Å²) in [6, 6.07) is 8.98. The number of rotatable bonds is 2. The van der Waals surface area contributed by atoms with Crippen LogP contribution in [0, 0.1) is 31.1 Å². The summed E-state index contributed by atoms with van der Waals surface area (Å²) >= 11 is 0. The van der Waals surface area contributed by atoms with Crippen molar-refractivity contribution in [3.8, 4) is 6.07 Å². The van der Waals surface area contributed by atoms with Crippen molar-refractivity contribution in [2.24, 2.45) is 5.92 Å². The first-order valence-electron chi connectivity index (χ1n) is 6.19. The van der Waals surface area contributed by atoms with E-state index < -0.39 is 0 Å². The van der Waals surface area contributed by atoms with Gasteiger partial charge in [0, 0.05) is 0 Å². The minimum atomic E-state index is 0.113. The van der Waals surface area contributed by atoms with E-state index in [0.717, 1.165) is 0 Å². The second kappa shape index (κ2) is 4.70. The standard InChI is InChI=1S/C15H19N/c1-11-7-8-14(9-12(11)2)15(10-16)13-5-3-4-6-13/h7-9,13,15H,3-6H2,1-2H3. The van der Waals surface area contributed by atoms with E-state index in [9.17, 15) is 5.26 Å². The normalized spacial score (nSPS) is 18.3. The Balaban J connectivity index is 2.26. The molecule has 0 radical (unpaired) electrons. The van der Waals surface area contributed by atoms with Gasteiger partial charge in [-0.05, 0) is 49.3 Å². The summed E-state index contributed by atoms with van der Waals surface area (Å²) in [7, 11) is 0. The second-order valence-electron chi connectivity index (χ2n) is 5.00. The molecule has 0 aromatic heterocycles. The van der Waals surface area contributed by atoms with E-state index in [1.54, 1.807) is 0 Å². The van der Waals surface area contributed by atoms with Crippen LogP contribution in [0.4, 0.5) is 0 Å². The third-order valence-corrected chi connectivity index (χ3v) is 3.90. The molecule has 2 rings (SSSR count). The maximum absolute atomic E-state index is 9.35. The first-order valence-corrected chi connectivity index (χ1v) is 6.19. The Kier molecular flexibility index (Phi) is 3.29. The molecule has 0 N–H and O–H groups in total. The van der Waals surface area contributed by atoms with E-state index >= 15 is 0 Å². The number of hydrogen-bond donors (Lipinski definition) is 0. The first kappa shape index (κ1) is 11.2. The lowest BCUT2D eigenvalue weighted by Gasteiger charge is -2.17. The fourth-order valence-corrected chi connectivity index (χ4v) is 2.70. The average Bonchev–Trinajstić information content (AvgIpc) is 2.78. The van der Waals surface area contributed by atoms with E-state index in [1.807, 2.05) is 0 Å². The molecular formula is C15H19N. The smallest absolute Gasteiger partial charge is 0.0741 e. The highest BCUT2D eigenvalue weighted by atomic mass is 14.3. The number of aryl methyl sites for hydroxylation is 2. The van der Waals surface area contributed by atoms with Gasteiger partial charge in [0.15, 0.2) is 0 Å². The molecule has 0 saturated heterocycles. The molecule has 0 bridgehead atoms. The van der Waals surface area contributed by atoms with Crippen molar-refractivity contribution in [3.63, 3.8) is 0 Å². The van der Waals surface area contributed by atoms with Crippen molar-refractivity contribution in [2.45, 2.75) is 45.4 Å². The molecule has 84 valence electrons. The SMILES string of the molecule is Cc1ccc(C(C#N)C2CCCC2)cc1C. The molecule has 1 nitrogen and oxygen atoms in total. The van der Waals surface area contributed by atoms with Crippen molar-refractivity contribution in [2.75, 3.05) is 0 Å². The van der Waals surface area contributed by atoms with Crippen molar-refractivity contribution in [1.82, 2.24) is 0 Å². The highest BCUT2D eigenvalue weighted by Gasteiger charge is 2.26. The molecule has 0 amide bonds. The highest BCUT2D eigenvalue weighted by molar-refractivity contribution is 5.34. The average molecular weight is 213 g/mol. The zero-order chi connectivity index (χ0) is 11.5. The highest BCUT2D eigenvalue weighted by Crippen LogP contribution is 2.37. The largest absolute Gasteiger partial charge is 0.198 e. The Bertz CT molecular complexity index is 408. The van der Waals surface area contributed by atoms with Crippen LogP contribution in [0.25, 0.3) is 0 Å². The molecule has 1 aromatic rings. The molecule has 1 saturated carbocycles. The number of nitrogens with zero attached hydrogens (tertiary/aromatic N) is 1. The summed E-state index contributed by atoms with van der Waals surface area (Å²) < 4.78 is 0. The van der Waals surface area contributed by atoms with E-state index in [4.69, 9.17) is 0 Å². The maximum atomic E-state index is 9.35. The number of hydrogen-bond acceptors (Lipinski definition) is 1. The quantitative estimate of drug-likeness (QED) is 0.725. The minimum Gasteiger partial charge on any atom is -0.198 e. The van der Waals surface area contributed by atoms with Crippen LogP contribution < -0.4 is 0 Å². The van der Waals surface area contributed by atoms with E-state index in [-0.39, 0.29) is 5.92 Å². The van der Waals surface area contributed by atoms with Crippen LogP contribution in [0.3, 0.4) is 0 Å². The fourth-order valence-electron chi connectivity index (χ4n) is 2.70. The maximum Gasteiger partial charge on any atom is 0.0741 e. The van der Waals surface area contributed by atoms with Crippen LogP contribution in [0.5, 0.6) is 0 Å². The minimum absolute atomic E-state index is 0.113. The van der Waals surface area contributed by atoms with E-state index in [2.05, 4.69) is 38.1 Å².